The molecule has 9 heteroatoms. The van der Waals surface area contributed by atoms with Gasteiger partial charge in [0.15, 0.2) is 6.61 Å². The van der Waals surface area contributed by atoms with Crippen molar-refractivity contribution in [2.75, 3.05) is 13.2 Å². The number of nitrogens with one attached hydrogen (secondary N) is 3. The Balaban J connectivity index is 1.89. The molecule has 3 rings (SSSR count). The number of amides is 3. The van der Waals surface area contributed by atoms with Crippen LogP contribution in [0.3, 0.4) is 0 Å². The third kappa shape index (κ3) is 5.88. The summed E-state index contributed by atoms with van der Waals surface area (Å²) in [6.45, 7) is 3.66. The molecule has 0 radical (unpaired) electrons. The van der Waals surface area contributed by atoms with Gasteiger partial charge < -0.3 is 25.4 Å². The number of ether oxygens (including phenoxy) is 2. The quantitative estimate of drug-likeness (QED) is 0.481. The third-order valence-electron chi connectivity index (χ3n) is 4.74. The van der Waals surface area contributed by atoms with Crippen LogP contribution in [0.4, 0.5) is 4.79 Å². The molecular weight excluding hydrogens is 478 g/mol. The standard InChI is InChI=1S/C23H24BrN3O5/c1-3-31-19(28)13-32-18-10-9-16(24)11-17(18)21-20(14(2)26-23(30)27-21)22(29)25-12-15-7-5-4-6-8-15/h4-11,21H,3,12-13H2,1-2H3,(H,25,29)(H2,26,27,30)/t21-/m1/s1. The van der Waals surface area contributed by atoms with Crippen molar-refractivity contribution >= 4 is 33.8 Å². The highest BCUT2D eigenvalue weighted by molar-refractivity contribution is 9.10. The molecule has 1 aliphatic rings. The second-order valence-electron chi connectivity index (χ2n) is 7.01. The van der Waals surface area contributed by atoms with Crippen LogP contribution in [0.1, 0.15) is 31.0 Å². The van der Waals surface area contributed by atoms with Gasteiger partial charge in [-0.15, -0.1) is 0 Å². The van der Waals surface area contributed by atoms with Crippen molar-refractivity contribution in [2.24, 2.45) is 0 Å². The van der Waals surface area contributed by atoms with E-state index in [0.717, 1.165) is 10.0 Å². The number of carbonyl (C=O) groups excluding carboxylic acids is 3. The van der Waals surface area contributed by atoms with Crippen LogP contribution >= 0.6 is 15.9 Å². The second-order valence-corrected chi connectivity index (χ2v) is 7.93. The molecule has 8 nitrogen and oxygen atoms in total. The average molecular weight is 502 g/mol. The molecule has 0 bridgehead atoms. The van der Waals surface area contributed by atoms with E-state index in [1.54, 1.807) is 32.0 Å². The highest BCUT2D eigenvalue weighted by atomic mass is 79.9. The van der Waals surface area contributed by atoms with Gasteiger partial charge in [-0.25, -0.2) is 9.59 Å². The summed E-state index contributed by atoms with van der Waals surface area (Å²) >= 11 is 3.42. The zero-order valence-electron chi connectivity index (χ0n) is 17.7. The van der Waals surface area contributed by atoms with Gasteiger partial charge in [-0.3, -0.25) is 4.79 Å². The van der Waals surface area contributed by atoms with Gasteiger partial charge in [-0.2, -0.15) is 0 Å². The van der Waals surface area contributed by atoms with Gasteiger partial charge in [0.25, 0.3) is 5.91 Å². The molecule has 1 heterocycles. The van der Waals surface area contributed by atoms with E-state index in [1.807, 2.05) is 30.3 Å². The van der Waals surface area contributed by atoms with Crippen LogP contribution < -0.4 is 20.7 Å². The number of rotatable bonds is 8. The van der Waals surface area contributed by atoms with E-state index in [1.165, 1.54) is 0 Å². The summed E-state index contributed by atoms with van der Waals surface area (Å²) in [5, 5.41) is 8.34. The lowest BCUT2D eigenvalue weighted by atomic mass is 9.94. The molecule has 0 saturated heterocycles. The van der Waals surface area contributed by atoms with Crippen LogP contribution in [0, 0.1) is 0 Å². The Bertz CT molecular complexity index is 1040. The van der Waals surface area contributed by atoms with Gasteiger partial charge in [0, 0.05) is 22.3 Å². The van der Waals surface area contributed by atoms with Crippen LogP contribution in [0.25, 0.3) is 0 Å². The van der Waals surface area contributed by atoms with Gasteiger partial charge in [0.1, 0.15) is 5.75 Å². The van der Waals surface area contributed by atoms with E-state index >= 15 is 0 Å². The summed E-state index contributed by atoms with van der Waals surface area (Å²) in [7, 11) is 0. The van der Waals surface area contributed by atoms with Crippen LogP contribution in [-0.4, -0.2) is 31.1 Å². The third-order valence-corrected chi connectivity index (χ3v) is 5.24. The average Bonchev–Trinajstić information content (AvgIpc) is 2.77. The summed E-state index contributed by atoms with van der Waals surface area (Å²) in [5.74, 6) is -0.488. The van der Waals surface area contributed by atoms with Gasteiger partial charge in [0.2, 0.25) is 0 Å². The Morgan fingerprint density at radius 1 is 1.16 bits per heavy atom. The van der Waals surface area contributed by atoms with Crippen molar-refractivity contribution in [3.8, 4) is 5.75 Å². The van der Waals surface area contributed by atoms with E-state index in [4.69, 9.17) is 9.47 Å². The SMILES string of the molecule is CCOC(=O)COc1ccc(Br)cc1[C@H]1NC(=O)NC(C)=C1C(=O)NCc1ccccc1. The lowest BCUT2D eigenvalue weighted by Gasteiger charge is -2.30. The van der Waals surface area contributed by atoms with Crippen molar-refractivity contribution < 1.29 is 23.9 Å². The molecule has 2 aromatic carbocycles. The molecule has 0 unspecified atom stereocenters. The molecule has 2 aromatic rings. The Morgan fingerprint density at radius 2 is 1.91 bits per heavy atom. The minimum absolute atomic E-state index is 0.243. The fraction of sp³-hybridized carbons (Fsp3) is 0.261. The largest absolute Gasteiger partial charge is 0.482 e. The summed E-state index contributed by atoms with van der Waals surface area (Å²) in [5.41, 5.74) is 2.26. The Labute approximate surface area is 194 Å². The number of allylic oxidation sites excluding steroid dienone is 1. The van der Waals surface area contributed by atoms with Crippen LogP contribution in [-0.2, 0) is 20.9 Å². The molecule has 1 aliphatic heterocycles. The number of esters is 1. The molecule has 3 N–H and O–H groups in total. The number of benzene rings is 2. The predicted molar refractivity (Wildman–Crippen MR) is 122 cm³/mol. The maximum absolute atomic E-state index is 13.1. The van der Waals surface area contributed by atoms with Crippen molar-refractivity contribution in [2.45, 2.75) is 26.4 Å². The van der Waals surface area contributed by atoms with E-state index in [2.05, 4.69) is 31.9 Å². The zero-order valence-corrected chi connectivity index (χ0v) is 19.3. The molecule has 1 atom stereocenters. The minimum atomic E-state index is -0.783. The Kier molecular flexibility index (Phi) is 7.88. The van der Waals surface area contributed by atoms with Crippen molar-refractivity contribution in [3.05, 3.63) is 75.4 Å². The highest BCUT2D eigenvalue weighted by Gasteiger charge is 2.33. The first-order valence-corrected chi connectivity index (χ1v) is 10.9. The fourth-order valence-electron chi connectivity index (χ4n) is 3.32. The molecule has 0 aromatic heterocycles. The Hall–Kier alpha value is -3.33. The van der Waals surface area contributed by atoms with Crippen LogP contribution in [0.15, 0.2) is 64.3 Å². The van der Waals surface area contributed by atoms with Gasteiger partial charge in [-0.1, -0.05) is 46.3 Å². The lowest BCUT2D eigenvalue weighted by Crippen LogP contribution is -2.47. The first kappa shape index (κ1) is 23.3. The van der Waals surface area contributed by atoms with Crippen molar-refractivity contribution in [3.63, 3.8) is 0 Å². The molecule has 168 valence electrons. The smallest absolute Gasteiger partial charge is 0.344 e. The maximum Gasteiger partial charge on any atom is 0.344 e. The zero-order chi connectivity index (χ0) is 23.1. The Morgan fingerprint density at radius 3 is 2.62 bits per heavy atom. The topological polar surface area (TPSA) is 106 Å². The van der Waals surface area contributed by atoms with Gasteiger partial charge in [0.05, 0.1) is 18.2 Å². The van der Waals surface area contributed by atoms with Crippen molar-refractivity contribution in [1.82, 2.24) is 16.0 Å². The minimum Gasteiger partial charge on any atom is -0.482 e. The molecule has 3 amide bonds. The van der Waals surface area contributed by atoms with Gasteiger partial charge >= 0.3 is 12.0 Å². The number of halogens is 1. The normalized spacial score (nSPS) is 15.5. The number of carbonyl (C=O) groups is 3. The molecular formula is C23H24BrN3O5. The maximum atomic E-state index is 13.1. The first-order valence-electron chi connectivity index (χ1n) is 10.1. The number of urea groups is 1. The van der Waals surface area contributed by atoms with Crippen LogP contribution in [0.5, 0.6) is 5.75 Å². The van der Waals surface area contributed by atoms with Gasteiger partial charge in [-0.05, 0) is 37.6 Å². The second kappa shape index (κ2) is 10.8. The van der Waals surface area contributed by atoms with Crippen LogP contribution in [0.2, 0.25) is 0 Å². The fourth-order valence-corrected chi connectivity index (χ4v) is 3.70. The molecule has 32 heavy (non-hydrogen) atoms. The van der Waals surface area contributed by atoms with E-state index in [9.17, 15) is 14.4 Å². The molecule has 0 spiro atoms. The lowest BCUT2D eigenvalue weighted by molar-refractivity contribution is -0.145. The number of hydrogen-bond acceptors (Lipinski definition) is 5. The summed E-state index contributed by atoms with van der Waals surface area (Å²) in [4.78, 5) is 37.1. The van der Waals surface area contributed by atoms with E-state index in [0.29, 0.717) is 29.1 Å². The highest BCUT2D eigenvalue weighted by Crippen LogP contribution is 2.35. The molecule has 0 saturated carbocycles. The monoisotopic (exact) mass is 501 g/mol. The van der Waals surface area contributed by atoms with E-state index in [-0.39, 0.29) is 19.1 Å². The molecule has 0 aliphatic carbocycles. The summed E-state index contributed by atoms with van der Waals surface area (Å²) < 4.78 is 11.3. The predicted octanol–water partition coefficient (Wildman–Crippen LogP) is 3.34. The van der Waals surface area contributed by atoms with E-state index < -0.39 is 18.0 Å². The van der Waals surface area contributed by atoms with Crippen molar-refractivity contribution in [1.29, 1.82) is 0 Å². The summed E-state index contributed by atoms with van der Waals surface area (Å²) in [6.07, 6.45) is 0. The molecule has 0 fully saturated rings. The first-order chi connectivity index (χ1) is 15.4. The summed E-state index contributed by atoms with van der Waals surface area (Å²) in [6, 6.07) is 13.5. The number of hydrogen-bond donors (Lipinski definition) is 3.